The molecule has 1 fully saturated rings. The van der Waals surface area contributed by atoms with Crippen LogP contribution in [0.3, 0.4) is 0 Å². The fraction of sp³-hybridized carbons (Fsp3) is 0.550. The van der Waals surface area contributed by atoms with E-state index in [4.69, 9.17) is 0 Å². The highest BCUT2D eigenvalue weighted by atomic mass is 19.4. The topological polar surface area (TPSA) is 80.5 Å². The molecule has 0 aliphatic carbocycles. The molecule has 0 saturated carbocycles. The third kappa shape index (κ3) is 5.37. The number of aliphatic imine (C=N–C) groups is 2. The number of halogens is 3. The van der Waals surface area contributed by atoms with Crippen LogP contribution >= 0.6 is 0 Å². The van der Waals surface area contributed by atoms with Gasteiger partial charge < -0.3 is 14.9 Å². The van der Waals surface area contributed by atoms with Gasteiger partial charge in [0.05, 0.1) is 6.10 Å². The zero-order valence-electron chi connectivity index (χ0n) is 16.7. The van der Waals surface area contributed by atoms with E-state index in [0.29, 0.717) is 12.3 Å². The van der Waals surface area contributed by atoms with Crippen molar-refractivity contribution in [3.05, 3.63) is 35.9 Å². The molecule has 164 valence electrons. The smallest absolute Gasteiger partial charge is 0.387 e. The van der Waals surface area contributed by atoms with Crippen molar-refractivity contribution in [1.82, 2.24) is 15.1 Å². The Morgan fingerprint density at radius 2 is 2.03 bits per heavy atom. The molecule has 0 spiro atoms. The van der Waals surface area contributed by atoms with Crippen molar-refractivity contribution < 1.29 is 23.1 Å². The second-order valence-corrected chi connectivity index (χ2v) is 7.31. The minimum atomic E-state index is -4.51. The van der Waals surface area contributed by atoms with Gasteiger partial charge in [0.25, 0.3) is 0 Å². The fourth-order valence-corrected chi connectivity index (χ4v) is 3.63. The van der Waals surface area contributed by atoms with E-state index >= 15 is 0 Å². The van der Waals surface area contributed by atoms with Crippen LogP contribution in [0.4, 0.5) is 13.2 Å². The van der Waals surface area contributed by atoms with Crippen LogP contribution in [0, 0.1) is 0 Å². The SMILES string of the molecule is CCC(=O)N1CCN(C2=NC=NC(NCC(O)c3ccccc3)C2)CC1C(F)(F)F. The van der Waals surface area contributed by atoms with Crippen LogP contribution in [0.5, 0.6) is 0 Å². The number of benzene rings is 1. The summed E-state index contributed by atoms with van der Waals surface area (Å²) < 4.78 is 40.6. The summed E-state index contributed by atoms with van der Waals surface area (Å²) in [5.41, 5.74) is 0.767. The maximum absolute atomic E-state index is 13.5. The van der Waals surface area contributed by atoms with E-state index in [9.17, 15) is 23.1 Å². The zero-order valence-corrected chi connectivity index (χ0v) is 16.7. The molecule has 2 heterocycles. The van der Waals surface area contributed by atoms with Crippen molar-refractivity contribution in [2.75, 3.05) is 26.2 Å². The lowest BCUT2D eigenvalue weighted by Gasteiger charge is -2.43. The lowest BCUT2D eigenvalue weighted by atomic mass is 10.1. The average Bonchev–Trinajstić information content (AvgIpc) is 2.76. The van der Waals surface area contributed by atoms with E-state index in [1.807, 2.05) is 30.3 Å². The molecule has 7 nitrogen and oxygen atoms in total. The van der Waals surface area contributed by atoms with E-state index < -0.39 is 30.4 Å². The number of amides is 1. The highest BCUT2D eigenvalue weighted by Gasteiger charge is 2.48. The number of hydrogen-bond acceptors (Lipinski definition) is 6. The van der Waals surface area contributed by atoms with Gasteiger partial charge in [0, 0.05) is 39.0 Å². The molecule has 3 atom stereocenters. The number of amidine groups is 1. The summed E-state index contributed by atoms with van der Waals surface area (Å²) in [4.78, 5) is 22.8. The number of piperazine rings is 1. The van der Waals surface area contributed by atoms with Crippen molar-refractivity contribution >= 4 is 18.1 Å². The van der Waals surface area contributed by atoms with Crippen LogP contribution in [0.1, 0.15) is 31.4 Å². The molecular weight excluding hydrogens is 399 g/mol. The quantitative estimate of drug-likeness (QED) is 0.756. The lowest BCUT2D eigenvalue weighted by molar-refractivity contribution is -0.197. The lowest BCUT2D eigenvalue weighted by Crippen LogP contribution is -2.62. The molecule has 0 bridgehead atoms. The highest BCUT2D eigenvalue weighted by Crippen LogP contribution is 2.29. The largest absolute Gasteiger partial charge is 0.410 e. The van der Waals surface area contributed by atoms with Crippen LogP contribution in [-0.4, -0.2) is 77.6 Å². The molecule has 1 amide bonds. The number of nitrogens with zero attached hydrogens (tertiary/aromatic N) is 4. The third-order valence-corrected chi connectivity index (χ3v) is 5.31. The number of carbonyl (C=O) groups is 1. The molecule has 30 heavy (non-hydrogen) atoms. The summed E-state index contributed by atoms with van der Waals surface area (Å²) >= 11 is 0. The number of nitrogens with one attached hydrogen (secondary N) is 1. The Labute approximate surface area is 173 Å². The molecule has 10 heteroatoms. The highest BCUT2D eigenvalue weighted by molar-refractivity contribution is 5.91. The van der Waals surface area contributed by atoms with E-state index in [2.05, 4.69) is 15.3 Å². The molecule has 0 aromatic heterocycles. The first kappa shape index (κ1) is 22.2. The summed E-state index contributed by atoms with van der Waals surface area (Å²) in [6, 6.07) is 7.31. The normalized spacial score (nSPS) is 23.3. The standard InChI is InChI=1S/C20H26F3N5O2/c1-2-19(30)28-9-8-27(12-16(28)20(21,22)23)18-10-17(25-13-26-18)24-11-15(29)14-6-4-3-5-7-14/h3-7,13,15-17,24,29H,2,8-12H2,1H3. The zero-order chi connectivity index (χ0) is 21.7. The number of carbonyl (C=O) groups excluding carboxylic acids is 1. The Bertz CT molecular complexity index is 784. The van der Waals surface area contributed by atoms with Crippen LogP contribution in [0.2, 0.25) is 0 Å². The van der Waals surface area contributed by atoms with Gasteiger partial charge in [-0.2, -0.15) is 13.2 Å². The van der Waals surface area contributed by atoms with Gasteiger partial charge in [0.2, 0.25) is 5.91 Å². The molecule has 1 saturated heterocycles. The fourth-order valence-electron chi connectivity index (χ4n) is 3.63. The van der Waals surface area contributed by atoms with Crippen LogP contribution in [0.25, 0.3) is 0 Å². The van der Waals surface area contributed by atoms with E-state index in [1.54, 1.807) is 11.8 Å². The summed E-state index contributed by atoms with van der Waals surface area (Å²) in [7, 11) is 0. The predicted molar refractivity (Wildman–Crippen MR) is 107 cm³/mol. The van der Waals surface area contributed by atoms with E-state index in [0.717, 1.165) is 10.5 Å². The minimum absolute atomic E-state index is 0.00215. The van der Waals surface area contributed by atoms with Gasteiger partial charge in [-0.3, -0.25) is 15.1 Å². The monoisotopic (exact) mass is 425 g/mol. The first-order valence-corrected chi connectivity index (χ1v) is 9.95. The predicted octanol–water partition coefficient (Wildman–Crippen LogP) is 1.95. The first-order valence-electron chi connectivity index (χ1n) is 9.95. The third-order valence-electron chi connectivity index (χ3n) is 5.31. The van der Waals surface area contributed by atoms with Gasteiger partial charge in [-0.25, -0.2) is 4.99 Å². The molecular formula is C20H26F3N5O2. The number of rotatable bonds is 5. The van der Waals surface area contributed by atoms with E-state index in [-0.39, 0.29) is 32.6 Å². The van der Waals surface area contributed by atoms with Crippen LogP contribution < -0.4 is 5.32 Å². The number of hydrogen-bond donors (Lipinski definition) is 2. The van der Waals surface area contributed by atoms with Gasteiger partial charge >= 0.3 is 6.18 Å². The molecule has 0 radical (unpaired) electrons. The van der Waals surface area contributed by atoms with Crippen molar-refractivity contribution in [3.63, 3.8) is 0 Å². The van der Waals surface area contributed by atoms with Crippen LogP contribution in [-0.2, 0) is 4.79 Å². The molecule has 2 aliphatic heterocycles. The van der Waals surface area contributed by atoms with Crippen molar-refractivity contribution in [3.8, 4) is 0 Å². The number of aliphatic hydroxyl groups excluding tert-OH is 1. The Morgan fingerprint density at radius 3 is 2.70 bits per heavy atom. The van der Waals surface area contributed by atoms with E-state index in [1.165, 1.54) is 6.34 Å². The van der Waals surface area contributed by atoms with Gasteiger partial charge in [0.1, 0.15) is 24.4 Å². The summed E-state index contributed by atoms with van der Waals surface area (Å²) in [5.74, 6) is -0.00638. The van der Waals surface area contributed by atoms with Gasteiger partial charge in [-0.05, 0) is 5.56 Å². The maximum atomic E-state index is 13.5. The number of aliphatic hydroxyl groups is 1. The molecule has 1 aromatic rings. The molecule has 2 aliphatic rings. The van der Waals surface area contributed by atoms with Crippen LogP contribution in [0.15, 0.2) is 40.3 Å². The summed E-state index contributed by atoms with van der Waals surface area (Å²) in [5, 5.41) is 13.4. The minimum Gasteiger partial charge on any atom is -0.387 e. The second-order valence-electron chi connectivity index (χ2n) is 7.31. The van der Waals surface area contributed by atoms with Crippen molar-refractivity contribution in [2.24, 2.45) is 9.98 Å². The first-order chi connectivity index (χ1) is 14.3. The van der Waals surface area contributed by atoms with Gasteiger partial charge in [-0.15, -0.1) is 0 Å². The molecule has 3 unspecified atom stereocenters. The Kier molecular flexibility index (Phi) is 7.09. The molecule has 2 N–H and O–H groups in total. The number of alkyl halides is 3. The maximum Gasteiger partial charge on any atom is 0.410 e. The Balaban J connectivity index is 1.59. The summed E-state index contributed by atoms with van der Waals surface area (Å²) in [6.07, 6.45) is -3.94. The molecule has 1 aromatic carbocycles. The van der Waals surface area contributed by atoms with Crippen molar-refractivity contribution in [2.45, 2.75) is 44.3 Å². The average molecular weight is 425 g/mol. The van der Waals surface area contributed by atoms with Gasteiger partial charge in [-0.1, -0.05) is 37.3 Å². The Hall–Kier alpha value is -2.46. The second kappa shape index (κ2) is 9.57. The molecule has 3 rings (SSSR count). The Morgan fingerprint density at radius 1 is 1.30 bits per heavy atom. The summed E-state index contributed by atoms with van der Waals surface area (Å²) in [6.45, 7) is 1.75. The van der Waals surface area contributed by atoms with Gasteiger partial charge in [0.15, 0.2) is 0 Å². The van der Waals surface area contributed by atoms with Crippen molar-refractivity contribution in [1.29, 1.82) is 0 Å².